The molecular weight excluding hydrogens is 414 g/mol. The summed E-state index contributed by atoms with van der Waals surface area (Å²) in [7, 11) is 0. The van der Waals surface area contributed by atoms with Crippen LogP contribution in [0.15, 0.2) is 83.5 Å². The van der Waals surface area contributed by atoms with Gasteiger partial charge in [-0.25, -0.2) is 0 Å². The van der Waals surface area contributed by atoms with Gasteiger partial charge in [0.1, 0.15) is 4.60 Å². The third-order valence-corrected chi connectivity index (χ3v) is 5.23. The predicted molar refractivity (Wildman–Crippen MR) is 114 cm³/mol. The van der Waals surface area contributed by atoms with Crippen molar-refractivity contribution in [2.45, 2.75) is 0 Å². The maximum atomic E-state index is 13.4. The molecule has 1 aromatic heterocycles. The van der Waals surface area contributed by atoms with Crippen molar-refractivity contribution in [2.75, 3.05) is 0 Å². The first-order valence-electron chi connectivity index (χ1n) is 8.65. The second-order valence-electron chi connectivity index (χ2n) is 6.14. The van der Waals surface area contributed by atoms with Crippen LogP contribution in [0.3, 0.4) is 0 Å². The van der Waals surface area contributed by atoms with Crippen molar-refractivity contribution < 1.29 is 9.59 Å². The van der Waals surface area contributed by atoms with Crippen LogP contribution in [0.1, 0.15) is 31.8 Å². The minimum atomic E-state index is -0.242. The number of nitrogens with zero attached hydrogens (tertiary/aromatic N) is 1. The van der Waals surface area contributed by atoms with Gasteiger partial charge in [-0.1, -0.05) is 60.4 Å². The average molecular weight is 428 g/mol. The number of para-hydroxylation sites is 1. The van der Waals surface area contributed by atoms with Crippen LogP contribution in [0.2, 0.25) is 0 Å². The molecule has 0 unspecified atom stereocenters. The average Bonchev–Trinajstić information content (AvgIpc) is 3.03. The molecule has 0 fully saturated rings. The van der Waals surface area contributed by atoms with Gasteiger partial charge < -0.3 is 0 Å². The van der Waals surface area contributed by atoms with Crippen LogP contribution in [0.25, 0.3) is 10.9 Å². The fraction of sp³-hybridized carbons (Fsp3) is 0. The Kier molecular flexibility index (Phi) is 4.92. The van der Waals surface area contributed by atoms with E-state index >= 15 is 0 Å². The van der Waals surface area contributed by atoms with Gasteiger partial charge in [0.15, 0.2) is 6.29 Å². The lowest BCUT2D eigenvalue weighted by molar-refractivity contribution is 0.0962. The summed E-state index contributed by atoms with van der Waals surface area (Å²) >= 11 is 3.43. The summed E-state index contributed by atoms with van der Waals surface area (Å²) in [6.45, 7) is 0. The van der Waals surface area contributed by atoms with Gasteiger partial charge in [-0.05, 0) is 46.3 Å². The second kappa shape index (κ2) is 7.67. The molecule has 0 radical (unpaired) electrons. The summed E-state index contributed by atoms with van der Waals surface area (Å²) < 4.78 is 1.96. The number of hydrogen-bond donors (Lipinski definition) is 0. The maximum Gasteiger partial charge on any atom is 0.264 e. The standard InChI is InChI=1S/C24H14BrNO2/c25-23-21(16-27)20-12-6-7-13-22(20)26(23)24(28)19-11-5-4-10-18(19)15-14-17-8-2-1-3-9-17/h1-13,16H. The largest absolute Gasteiger partial charge is 0.298 e. The molecule has 0 spiro atoms. The zero-order chi connectivity index (χ0) is 19.5. The summed E-state index contributed by atoms with van der Waals surface area (Å²) in [5.41, 5.74) is 3.11. The Morgan fingerprint density at radius 3 is 2.32 bits per heavy atom. The predicted octanol–water partition coefficient (Wildman–Crippen LogP) is 5.30. The van der Waals surface area contributed by atoms with Gasteiger partial charge in [0.05, 0.1) is 16.6 Å². The third-order valence-electron chi connectivity index (χ3n) is 4.45. The number of hydrogen-bond acceptors (Lipinski definition) is 2. The first-order valence-corrected chi connectivity index (χ1v) is 9.45. The zero-order valence-corrected chi connectivity index (χ0v) is 16.3. The quantitative estimate of drug-likeness (QED) is 0.321. The van der Waals surface area contributed by atoms with Gasteiger partial charge in [0.25, 0.3) is 5.91 Å². The molecular formula is C24H14BrNO2. The SMILES string of the molecule is O=Cc1c(Br)n(C(=O)c2ccccc2C#Cc2ccccc2)c2ccccc12. The molecule has 1 heterocycles. The van der Waals surface area contributed by atoms with Crippen LogP contribution in [0, 0.1) is 11.8 Å². The molecule has 0 saturated carbocycles. The van der Waals surface area contributed by atoms with Crippen LogP contribution in [0.4, 0.5) is 0 Å². The molecule has 0 bridgehead atoms. The number of aromatic nitrogens is 1. The number of benzene rings is 3. The molecule has 0 aliphatic rings. The molecule has 0 aliphatic heterocycles. The molecule has 4 heteroatoms. The lowest BCUT2D eigenvalue weighted by atomic mass is 10.1. The van der Waals surface area contributed by atoms with E-state index in [1.54, 1.807) is 12.1 Å². The van der Waals surface area contributed by atoms with E-state index in [2.05, 4.69) is 27.8 Å². The Hall–Kier alpha value is -3.42. The van der Waals surface area contributed by atoms with Crippen molar-refractivity contribution in [3.63, 3.8) is 0 Å². The maximum absolute atomic E-state index is 13.4. The van der Waals surface area contributed by atoms with Gasteiger partial charge in [-0.2, -0.15) is 0 Å². The Bertz CT molecular complexity index is 1260. The van der Waals surface area contributed by atoms with Crippen LogP contribution in [0.5, 0.6) is 0 Å². The highest BCUT2D eigenvalue weighted by Gasteiger charge is 2.21. The summed E-state index contributed by atoms with van der Waals surface area (Å²) in [6, 6.07) is 24.2. The van der Waals surface area contributed by atoms with Crippen LogP contribution < -0.4 is 0 Å². The van der Waals surface area contributed by atoms with Gasteiger partial charge in [0, 0.05) is 16.5 Å². The van der Waals surface area contributed by atoms with E-state index in [1.165, 1.54) is 4.57 Å². The Morgan fingerprint density at radius 2 is 1.54 bits per heavy atom. The minimum absolute atomic E-state index is 0.242. The third kappa shape index (κ3) is 3.17. The van der Waals surface area contributed by atoms with Gasteiger partial charge >= 0.3 is 0 Å². The van der Waals surface area contributed by atoms with Crippen molar-refractivity contribution in [1.29, 1.82) is 0 Å². The van der Waals surface area contributed by atoms with Crippen LogP contribution in [-0.4, -0.2) is 16.8 Å². The fourth-order valence-corrected chi connectivity index (χ4v) is 3.76. The molecule has 4 aromatic rings. The summed E-state index contributed by atoms with van der Waals surface area (Å²) in [6.07, 6.45) is 0.761. The number of fused-ring (bicyclic) bond motifs is 1. The zero-order valence-electron chi connectivity index (χ0n) is 14.7. The van der Waals surface area contributed by atoms with E-state index in [0.29, 0.717) is 26.8 Å². The number of halogens is 1. The minimum Gasteiger partial charge on any atom is -0.298 e. The Labute approximate surface area is 170 Å². The van der Waals surface area contributed by atoms with E-state index in [9.17, 15) is 9.59 Å². The number of aldehydes is 1. The van der Waals surface area contributed by atoms with E-state index < -0.39 is 0 Å². The van der Waals surface area contributed by atoms with Crippen molar-refractivity contribution in [1.82, 2.24) is 4.57 Å². The molecule has 3 nitrogen and oxygen atoms in total. The highest BCUT2D eigenvalue weighted by Crippen LogP contribution is 2.30. The van der Waals surface area contributed by atoms with Crippen LogP contribution >= 0.6 is 15.9 Å². The molecule has 134 valence electrons. The summed E-state index contributed by atoms with van der Waals surface area (Å²) in [4.78, 5) is 25.0. The number of rotatable bonds is 2. The monoisotopic (exact) mass is 427 g/mol. The molecule has 28 heavy (non-hydrogen) atoms. The molecule has 0 amide bonds. The van der Waals surface area contributed by atoms with Gasteiger partial charge in [-0.15, -0.1) is 0 Å². The molecule has 0 aliphatic carbocycles. The normalized spacial score (nSPS) is 10.3. The van der Waals surface area contributed by atoms with Crippen LogP contribution in [-0.2, 0) is 0 Å². The first kappa shape index (κ1) is 18.0. The summed E-state index contributed by atoms with van der Waals surface area (Å²) in [5, 5.41) is 0.727. The van der Waals surface area contributed by atoms with Crippen molar-refractivity contribution >= 4 is 39.0 Å². The second-order valence-corrected chi connectivity index (χ2v) is 6.89. The molecule has 3 aromatic carbocycles. The Morgan fingerprint density at radius 1 is 0.857 bits per heavy atom. The molecule has 0 saturated heterocycles. The Balaban J connectivity index is 1.85. The van der Waals surface area contributed by atoms with E-state index in [1.807, 2.05) is 66.7 Å². The fourth-order valence-electron chi connectivity index (χ4n) is 3.10. The van der Waals surface area contributed by atoms with E-state index in [0.717, 1.165) is 17.2 Å². The van der Waals surface area contributed by atoms with Crippen molar-refractivity contribution in [2.24, 2.45) is 0 Å². The summed E-state index contributed by atoms with van der Waals surface area (Å²) in [5.74, 6) is 5.95. The molecule has 0 N–H and O–H groups in total. The lowest BCUT2D eigenvalue weighted by Crippen LogP contribution is -2.14. The number of carbonyl (C=O) groups excluding carboxylic acids is 2. The van der Waals surface area contributed by atoms with E-state index in [-0.39, 0.29) is 5.91 Å². The topological polar surface area (TPSA) is 39.1 Å². The first-order chi connectivity index (χ1) is 13.7. The highest BCUT2D eigenvalue weighted by atomic mass is 79.9. The van der Waals surface area contributed by atoms with Crippen molar-refractivity contribution in [3.8, 4) is 11.8 Å². The highest BCUT2D eigenvalue weighted by molar-refractivity contribution is 9.10. The molecule has 0 atom stereocenters. The van der Waals surface area contributed by atoms with E-state index in [4.69, 9.17) is 0 Å². The smallest absolute Gasteiger partial charge is 0.264 e. The number of carbonyl (C=O) groups is 2. The van der Waals surface area contributed by atoms with Gasteiger partial charge in [0.2, 0.25) is 0 Å². The van der Waals surface area contributed by atoms with Crippen molar-refractivity contribution in [3.05, 3.63) is 106 Å². The lowest BCUT2D eigenvalue weighted by Gasteiger charge is -2.08. The molecule has 4 rings (SSSR count). The van der Waals surface area contributed by atoms with Gasteiger partial charge in [-0.3, -0.25) is 14.2 Å².